The minimum absolute atomic E-state index is 0. The first-order chi connectivity index (χ1) is 5.20. The summed E-state index contributed by atoms with van der Waals surface area (Å²) in [6.07, 6.45) is 0. The van der Waals surface area contributed by atoms with E-state index in [2.05, 4.69) is 67.7 Å². The molecule has 4 N–H and O–H groups in total. The van der Waals surface area contributed by atoms with E-state index in [1.165, 1.54) is 5.57 Å². The average Bonchev–Trinajstić information content (AvgIpc) is 1.54. The van der Waals surface area contributed by atoms with Gasteiger partial charge in [0.2, 0.25) is 0 Å². The molecular weight excluding hydrogens is 294 g/mol. The summed E-state index contributed by atoms with van der Waals surface area (Å²) in [4.78, 5) is 0. The van der Waals surface area contributed by atoms with E-state index in [1.807, 2.05) is 13.8 Å². The Morgan fingerprint density at radius 3 is 1.08 bits per heavy atom. The van der Waals surface area contributed by atoms with Crippen LogP contribution in [0.5, 0.6) is 0 Å². The molecule has 0 saturated heterocycles. The van der Waals surface area contributed by atoms with Gasteiger partial charge in [0, 0.05) is 0 Å². The van der Waals surface area contributed by atoms with Crippen molar-refractivity contribution in [3.63, 3.8) is 0 Å². The van der Waals surface area contributed by atoms with Gasteiger partial charge in [0.25, 0.3) is 0 Å². The van der Waals surface area contributed by atoms with Crippen LogP contribution in [-0.4, -0.2) is 8.64 Å². The van der Waals surface area contributed by atoms with Crippen molar-refractivity contribution in [2.75, 3.05) is 0 Å². The maximum atomic E-state index is 4.66. The molecule has 0 saturated carbocycles. The van der Waals surface area contributed by atoms with E-state index in [9.17, 15) is 0 Å². The van der Waals surface area contributed by atoms with Crippen LogP contribution in [0.2, 0.25) is 0 Å². The Hall–Kier alpha value is 0.583. The number of thiocarbonyl (C=S) groups is 2. The van der Waals surface area contributed by atoms with Gasteiger partial charge >= 0.3 is 19.5 Å². The maximum absolute atomic E-state index is 4.66. The van der Waals surface area contributed by atoms with Crippen molar-refractivity contribution >= 4 is 58.3 Å². The molecule has 0 rings (SSSR count). The van der Waals surface area contributed by atoms with E-state index in [-0.39, 0.29) is 28.1 Å². The first-order valence-corrected chi connectivity index (χ1v) is 4.38. The van der Waals surface area contributed by atoms with Gasteiger partial charge in [0.05, 0.1) is 0 Å². The van der Waals surface area contributed by atoms with Gasteiger partial charge in [-0.05, 0) is 13.8 Å². The van der Waals surface area contributed by atoms with Crippen molar-refractivity contribution in [3.8, 4) is 0 Å². The molecule has 0 fully saturated rings. The molecule has 0 radical (unpaired) electrons. The van der Waals surface area contributed by atoms with Gasteiger partial charge in [-0.3, -0.25) is 0 Å². The summed E-state index contributed by atoms with van der Waals surface area (Å²) in [5, 5.41) is 0. The third-order valence-electron chi connectivity index (χ3n) is 0. The first-order valence-electron chi connectivity index (χ1n) is 2.75. The number of hydrogen-bond acceptors (Lipinski definition) is 4. The van der Waals surface area contributed by atoms with Gasteiger partial charge in [-0.15, -0.1) is 6.58 Å². The van der Waals surface area contributed by atoms with Gasteiger partial charge in [0.1, 0.15) is 0 Å². The molecule has 13 heavy (non-hydrogen) atoms. The third-order valence-corrected chi connectivity index (χ3v) is 0. The Kier molecular flexibility index (Phi) is 33.1. The average molecular weight is 306 g/mol. The molecule has 0 aliphatic rings. The predicted octanol–water partition coefficient (Wildman–Crippen LogP) is 1.13. The van der Waals surface area contributed by atoms with Crippen molar-refractivity contribution in [2.45, 2.75) is 13.8 Å². The summed E-state index contributed by atoms with van der Waals surface area (Å²) < 4.78 is 0.167. The third kappa shape index (κ3) is 4140. The van der Waals surface area contributed by atoms with Crippen molar-refractivity contribution in [1.82, 2.24) is 0 Å². The standard InChI is InChI=1S/C4H8.2CH3NS2.Zn/c1-4(2)3;2*2-1(3)4;/h1H2,2-3H3;2*(H3,2,3,4);/q;;;+2/p-2. The van der Waals surface area contributed by atoms with Gasteiger partial charge in [0.15, 0.2) is 0 Å². The Balaban J connectivity index is -0.0000000450. The molecule has 0 aliphatic carbocycles. The van der Waals surface area contributed by atoms with Crippen LogP contribution in [0.1, 0.15) is 13.8 Å². The van der Waals surface area contributed by atoms with Crippen molar-refractivity contribution in [3.05, 3.63) is 12.2 Å². The van der Waals surface area contributed by atoms with Crippen LogP contribution in [0.15, 0.2) is 12.2 Å². The molecule has 2 nitrogen and oxygen atoms in total. The predicted molar refractivity (Wildman–Crippen MR) is 68.8 cm³/mol. The second kappa shape index (κ2) is 18.4. The SMILES string of the molecule is C=C(C)C.NC(=S)[S-].NC(=S)[S-].[Zn+2]. The second-order valence-electron chi connectivity index (χ2n) is 1.85. The second-order valence-corrected chi connectivity index (χ2v) is 4.12. The molecule has 0 aromatic heterocycles. The van der Waals surface area contributed by atoms with Crippen LogP contribution in [0.25, 0.3) is 0 Å². The summed E-state index contributed by atoms with van der Waals surface area (Å²) in [5.74, 6) is 0. The van der Waals surface area contributed by atoms with E-state index in [4.69, 9.17) is 0 Å². The van der Waals surface area contributed by atoms with E-state index >= 15 is 0 Å². The summed E-state index contributed by atoms with van der Waals surface area (Å²) in [5.41, 5.74) is 10.5. The van der Waals surface area contributed by atoms with Crippen molar-refractivity contribution in [2.24, 2.45) is 11.5 Å². The molecule has 0 aromatic carbocycles. The molecule has 0 spiro atoms. The quantitative estimate of drug-likeness (QED) is 0.303. The smallest absolute Gasteiger partial charge is 0.415 e. The molecule has 0 amide bonds. The number of allylic oxidation sites excluding steroid dienone is 1. The molecule has 72 valence electrons. The van der Waals surface area contributed by atoms with Crippen LogP contribution >= 0.6 is 24.4 Å². The molecule has 0 aliphatic heterocycles. The molecule has 0 heterocycles. The van der Waals surface area contributed by atoms with Gasteiger partial charge < -0.3 is 61.2 Å². The summed E-state index contributed by atoms with van der Waals surface area (Å²) in [7, 11) is 0. The summed E-state index contributed by atoms with van der Waals surface area (Å²) >= 11 is 16.5. The molecule has 0 atom stereocenters. The minimum atomic E-state index is 0. The molecule has 7 heteroatoms. The van der Waals surface area contributed by atoms with E-state index in [1.54, 1.807) is 0 Å². The molecule has 0 unspecified atom stereocenters. The Bertz CT molecular complexity index is 120. The van der Waals surface area contributed by atoms with Crippen LogP contribution in [0, 0.1) is 0 Å². The Morgan fingerprint density at radius 2 is 1.08 bits per heavy atom. The molecule has 0 aromatic rings. The minimum Gasteiger partial charge on any atom is -0.415 e. The van der Waals surface area contributed by atoms with Crippen molar-refractivity contribution in [1.29, 1.82) is 0 Å². The van der Waals surface area contributed by atoms with Crippen LogP contribution in [-0.2, 0) is 44.7 Å². The number of rotatable bonds is 0. The zero-order valence-corrected chi connectivity index (χ0v) is 13.9. The van der Waals surface area contributed by atoms with E-state index in [0.717, 1.165) is 0 Å². The van der Waals surface area contributed by atoms with E-state index < -0.39 is 0 Å². The summed E-state index contributed by atoms with van der Waals surface area (Å²) in [6, 6.07) is 0. The molecular formula is C6H12N2S4Zn. The fraction of sp³-hybridized carbons (Fsp3) is 0.333. The first kappa shape index (κ1) is 23.4. The van der Waals surface area contributed by atoms with Crippen LogP contribution < -0.4 is 11.5 Å². The molecule has 0 bridgehead atoms. The number of nitrogens with two attached hydrogens (primary N) is 2. The van der Waals surface area contributed by atoms with Gasteiger partial charge in [-0.25, -0.2) is 0 Å². The normalized spacial score (nSPS) is 5.69. The largest absolute Gasteiger partial charge is 2.00 e. The fourth-order valence-corrected chi connectivity index (χ4v) is 0. The van der Waals surface area contributed by atoms with Crippen molar-refractivity contribution < 1.29 is 19.5 Å². The van der Waals surface area contributed by atoms with E-state index in [0.29, 0.717) is 0 Å². The maximum Gasteiger partial charge on any atom is 2.00 e. The number of hydrogen-bond donors (Lipinski definition) is 2. The summed E-state index contributed by atoms with van der Waals surface area (Å²) in [6.45, 7) is 7.50. The zero-order chi connectivity index (χ0) is 10.7. The van der Waals surface area contributed by atoms with Crippen LogP contribution in [0.3, 0.4) is 0 Å². The zero-order valence-electron chi connectivity index (χ0n) is 7.70. The van der Waals surface area contributed by atoms with Gasteiger partial charge in [-0.2, -0.15) is 0 Å². The topological polar surface area (TPSA) is 52.0 Å². The van der Waals surface area contributed by atoms with Crippen LogP contribution in [0.4, 0.5) is 0 Å². The van der Waals surface area contributed by atoms with Gasteiger partial charge in [-0.1, -0.05) is 14.2 Å². The Morgan fingerprint density at radius 1 is 1.08 bits per heavy atom. The Labute approximate surface area is 114 Å². The monoisotopic (exact) mass is 304 g/mol. The fourth-order valence-electron chi connectivity index (χ4n) is 0.